The van der Waals surface area contributed by atoms with Crippen LogP contribution in [0.2, 0.25) is 0 Å². The van der Waals surface area contributed by atoms with Gasteiger partial charge >= 0.3 is 0 Å². The summed E-state index contributed by atoms with van der Waals surface area (Å²) in [6, 6.07) is 6.28. The largest absolute Gasteiger partial charge is 0.508 e. The van der Waals surface area contributed by atoms with Crippen LogP contribution in [0, 0.1) is 5.92 Å². The molecule has 0 unspecified atom stereocenters. The SMILES string of the molecule is CC(C)CCCCCCC(=O)NC(=Cc1ccc(O)cc1)C(N)=O. The van der Waals surface area contributed by atoms with E-state index in [1.165, 1.54) is 31.1 Å². The number of phenolic OH excluding ortho intramolecular Hbond substituents is 1. The molecule has 1 aromatic rings. The van der Waals surface area contributed by atoms with Crippen LogP contribution in [0.5, 0.6) is 5.75 Å². The molecule has 1 rings (SSSR count). The van der Waals surface area contributed by atoms with Crippen molar-refractivity contribution in [2.45, 2.75) is 52.4 Å². The summed E-state index contributed by atoms with van der Waals surface area (Å²) >= 11 is 0. The van der Waals surface area contributed by atoms with Crippen LogP contribution < -0.4 is 11.1 Å². The van der Waals surface area contributed by atoms with Crippen LogP contribution in [0.1, 0.15) is 57.9 Å². The number of nitrogens with one attached hydrogen (secondary N) is 1. The molecular weight excluding hydrogens is 304 g/mol. The zero-order valence-corrected chi connectivity index (χ0v) is 14.5. The van der Waals surface area contributed by atoms with E-state index in [9.17, 15) is 14.7 Å². The van der Waals surface area contributed by atoms with Gasteiger partial charge in [0, 0.05) is 6.42 Å². The molecule has 0 saturated carbocycles. The second-order valence-electron chi connectivity index (χ2n) is 6.41. The third kappa shape index (κ3) is 8.36. The summed E-state index contributed by atoms with van der Waals surface area (Å²) in [6.07, 6.45) is 7.21. The third-order valence-electron chi connectivity index (χ3n) is 3.68. The number of phenols is 1. The number of nitrogens with two attached hydrogens (primary N) is 1. The normalized spacial score (nSPS) is 11.5. The Morgan fingerprint density at radius 2 is 1.75 bits per heavy atom. The van der Waals surface area contributed by atoms with Crippen molar-refractivity contribution in [2.75, 3.05) is 0 Å². The number of unbranched alkanes of at least 4 members (excludes halogenated alkanes) is 3. The first kappa shape index (κ1) is 19.7. The number of amides is 2. The summed E-state index contributed by atoms with van der Waals surface area (Å²) in [5, 5.41) is 11.8. The molecule has 0 fully saturated rings. The Kier molecular flexibility index (Phi) is 8.61. The molecule has 5 nitrogen and oxygen atoms in total. The Morgan fingerprint density at radius 3 is 2.33 bits per heavy atom. The number of hydrogen-bond donors (Lipinski definition) is 3. The van der Waals surface area contributed by atoms with Crippen molar-refractivity contribution in [3.8, 4) is 5.75 Å². The van der Waals surface area contributed by atoms with Crippen molar-refractivity contribution in [2.24, 2.45) is 11.7 Å². The fourth-order valence-electron chi connectivity index (χ4n) is 2.31. The molecule has 0 saturated heterocycles. The van der Waals surface area contributed by atoms with E-state index in [4.69, 9.17) is 5.73 Å². The molecule has 0 radical (unpaired) electrons. The first-order valence-corrected chi connectivity index (χ1v) is 8.49. The zero-order chi connectivity index (χ0) is 17.9. The minimum absolute atomic E-state index is 0.0606. The van der Waals surface area contributed by atoms with E-state index in [1.807, 2.05) is 0 Å². The lowest BCUT2D eigenvalue weighted by Gasteiger charge is -2.08. The van der Waals surface area contributed by atoms with E-state index in [1.54, 1.807) is 12.1 Å². The van der Waals surface area contributed by atoms with Gasteiger partial charge < -0.3 is 16.2 Å². The minimum atomic E-state index is -0.687. The lowest BCUT2D eigenvalue weighted by molar-refractivity contribution is -0.122. The van der Waals surface area contributed by atoms with Crippen molar-refractivity contribution in [3.05, 3.63) is 35.5 Å². The Balaban J connectivity index is 2.43. The molecule has 4 N–H and O–H groups in total. The van der Waals surface area contributed by atoms with Gasteiger partial charge in [0.05, 0.1) is 0 Å². The second kappa shape index (κ2) is 10.5. The molecule has 0 bridgehead atoms. The number of hydrogen-bond acceptors (Lipinski definition) is 3. The van der Waals surface area contributed by atoms with Gasteiger partial charge in [-0.2, -0.15) is 0 Å². The van der Waals surface area contributed by atoms with Crippen molar-refractivity contribution < 1.29 is 14.7 Å². The van der Waals surface area contributed by atoms with E-state index in [0.29, 0.717) is 12.0 Å². The predicted octanol–water partition coefficient (Wildman–Crippen LogP) is 3.33. The molecule has 24 heavy (non-hydrogen) atoms. The highest BCUT2D eigenvalue weighted by Crippen LogP contribution is 2.13. The molecule has 0 aromatic heterocycles. The van der Waals surface area contributed by atoms with Gasteiger partial charge in [0.25, 0.3) is 5.91 Å². The van der Waals surface area contributed by atoms with Gasteiger partial charge in [0.1, 0.15) is 11.4 Å². The Hall–Kier alpha value is -2.30. The second-order valence-corrected chi connectivity index (χ2v) is 6.41. The Morgan fingerprint density at radius 1 is 1.12 bits per heavy atom. The molecule has 132 valence electrons. The lowest BCUT2D eigenvalue weighted by atomic mass is 10.0. The fraction of sp³-hybridized carbons (Fsp3) is 0.474. The summed E-state index contributed by atoms with van der Waals surface area (Å²) in [5.41, 5.74) is 6.05. The van der Waals surface area contributed by atoms with E-state index in [-0.39, 0.29) is 17.4 Å². The van der Waals surface area contributed by atoms with E-state index < -0.39 is 5.91 Å². The van der Waals surface area contributed by atoms with E-state index in [0.717, 1.165) is 25.2 Å². The number of aromatic hydroxyl groups is 1. The highest BCUT2D eigenvalue weighted by atomic mass is 16.3. The summed E-state index contributed by atoms with van der Waals surface area (Å²) in [7, 11) is 0. The zero-order valence-electron chi connectivity index (χ0n) is 14.5. The molecular formula is C19H28N2O3. The summed E-state index contributed by atoms with van der Waals surface area (Å²) in [5.74, 6) is -0.0400. The molecule has 0 aliphatic carbocycles. The highest BCUT2D eigenvalue weighted by molar-refractivity contribution is 6.00. The molecule has 5 heteroatoms. The van der Waals surface area contributed by atoms with Crippen LogP contribution in [-0.4, -0.2) is 16.9 Å². The predicted molar refractivity (Wildman–Crippen MR) is 96.0 cm³/mol. The van der Waals surface area contributed by atoms with E-state index in [2.05, 4.69) is 19.2 Å². The van der Waals surface area contributed by atoms with Crippen LogP contribution in [-0.2, 0) is 9.59 Å². The van der Waals surface area contributed by atoms with Crippen molar-refractivity contribution >= 4 is 17.9 Å². The standard InChI is InChI=1S/C19H28N2O3/c1-14(2)7-5-3-4-6-8-18(23)21-17(19(20)24)13-15-9-11-16(22)12-10-15/h9-14,22H,3-8H2,1-2H3,(H2,20,24)(H,21,23). The molecule has 2 amide bonds. The maximum absolute atomic E-state index is 11.9. The number of primary amides is 1. The molecule has 0 aliphatic heterocycles. The molecule has 0 heterocycles. The maximum Gasteiger partial charge on any atom is 0.265 e. The average molecular weight is 332 g/mol. The highest BCUT2D eigenvalue weighted by Gasteiger charge is 2.10. The van der Waals surface area contributed by atoms with Crippen LogP contribution in [0.15, 0.2) is 30.0 Å². The molecule has 1 aromatic carbocycles. The van der Waals surface area contributed by atoms with Gasteiger partial charge in [0.15, 0.2) is 0 Å². The van der Waals surface area contributed by atoms with Crippen molar-refractivity contribution in [1.82, 2.24) is 5.32 Å². The minimum Gasteiger partial charge on any atom is -0.508 e. The molecule has 0 spiro atoms. The first-order valence-electron chi connectivity index (χ1n) is 8.49. The topological polar surface area (TPSA) is 92.4 Å². The van der Waals surface area contributed by atoms with Gasteiger partial charge in [-0.1, -0.05) is 51.7 Å². The lowest BCUT2D eigenvalue weighted by Crippen LogP contribution is -2.30. The average Bonchev–Trinajstić information content (AvgIpc) is 2.51. The maximum atomic E-state index is 11.9. The summed E-state index contributed by atoms with van der Waals surface area (Å²) in [4.78, 5) is 23.4. The first-order chi connectivity index (χ1) is 11.4. The Bertz CT molecular complexity index is 562. The van der Waals surface area contributed by atoms with Crippen LogP contribution in [0.4, 0.5) is 0 Å². The van der Waals surface area contributed by atoms with Crippen molar-refractivity contribution in [3.63, 3.8) is 0 Å². The van der Waals surface area contributed by atoms with Gasteiger partial charge in [0.2, 0.25) is 5.91 Å². The quantitative estimate of drug-likeness (QED) is 0.453. The third-order valence-corrected chi connectivity index (χ3v) is 3.68. The van der Waals surface area contributed by atoms with Gasteiger partial charge in [-0.3, -0.25) is 9.59 Å². The molecule has 0 aliphatic rings. The van der Waals surface area contributed by atoms with Gasteiger partial charge in [-0.05, 0) is 36.1 Å². The molecule has 0 atom stereocenters. The van der Waals surface area contributed by atoms with Gasteiger partial charge in [-0.25, -0.2) is 0 Å². The van der Waals surface area contributed by atoms with Crippen LogP contribution >= 0.6 is 0 Å². The van der Waals surface area contributed by atoms with E-state index >= 15 is 0 Å². The van der Waals surface area contributed by atoms with Crippen LogP contribution in [0.3, 0.4) is 0 Å². The smallest absolute Gasteiger partial charge is 0.265 e. The number of carbonyl (C=O) groups excluding carboxylic acids is 2. The summed E-state index contributed by atoms with van der Waals surface area (Å²) in [6.45, 7) is 4.42. The summed E-state index contributed by atoms with van der Waals surface area (Å²) < 4.78 is 0. The Labute approximate surface area is 143 Å². The van der Waals surface area contributed by atoms with Gasteiger partial charge in [-0.15, -0.1) is 0 Å². The number of carbonyl (C=O) groups is 2. The monoisotopic (exact) mass is 332 g/mol. The van der Waals surface area contributed by atoms with Crippen molar-refractivity contribution in [1.29, 1.82) is 0 Å². The fourth-order valence-corrected chi connectivity index (χ4v) is 2.31. The van der Waals surface area contributed by atoms with Crippen LogP contribution in [0.25, 0.3) is 6.08 Å². The number of rotatable bonds is 10. The number of benzene rings is 1.